The van der Waals surface area contributed by atoms with Gasteiger partial charge in [0.15, 0.2) is 0 Å². The number of hydrogen-bond acceptors (Lipinski definition) is 7. The lowest BCUT2D eigenvalue weighted by atomic mass is 9.82. The molecule has 2 aromatic carbocycles. The minimum absolute atomic E-state index is 0.00464. The molecule has 1 saturated heterocycles. The standard InChI is InChI=1S/C27H27NO7/c1-4-11-33-26(31)24-21(18-9-10-20-17(13-18)7-6-8-19(20)15-29)14-22-23(25(30)28(22)24)16(3)35-27(32)34-12-5-2/h4-10,13,16,22-23,29H,1-2,11-12,14-15H2,3H3/t16-,22-,23-/m1/s1. The molecule has 2 aromatic rings. The maximum atomic E-state index is 13.1. The highest BCUT2D eigenvalue weighted by molar-refractivity contribution is 6.07. The van der Waals surface area contributed by atoms with Crippen LogP contribution < -0.4 is 0 Å². The third-order valence-corrected chi connectivity index (χ3v) is 6.33. The van der Waals surface area contributed by atoms with Gasteiger partial charge in [-0.15, -0.1) is 0 Å². The number of benzene rings is 2. The van der Waals surface area contributed by atoms with Gasteiger partial charge in [-0.2, -0.15) is 0 Å². The Kier molecular flexibility index (Phi) is 7.02. The molecule has 8 heteroatoms. The average molecular weight is 478 g/mol. The van der Waals surface area contributed by atoms with Crippen molar-refractivity contribution in [3.63, 3.8) is 0 Å². The van der Waals surface area contributed by atoms with E-state index in [0.717, 1.165) is 21.9 Å². The van der Waals surface area contributed by atoms with Gasteiger partial charge in [0.1, 0.15) is 25.0 Å². The summed E-state index contributed by atoms with van der Waals surface area (Å²) in [5, 5.41) is 11.4. The molecule has 2 aliphatic heterocycles. The fourth-order valence-electron chi connectivity index (χ4n) is 4.77. The van der Waals surface area contributed by atoms with E-state index in [0.29, 0.717) is 12.0 Å². The Balaban J connectivity index is 1.66. The number of amides is 1. The topological polar surface area (TPSA) is 102 Å². The fraction of sp³-hybridized carbons (Fsp3) is 0.296. The van der Waals surface area contributed by atoms with Gasteiger partial charge in [0.2, 0.25) is 5.91 Å². The van der Waals surface area contributed by atoms with Gasteiger partial charge in [-0.1, -0.05) is 55.6 Å². The van der Waals surface area contributed by atoms with E-state index in [4.69, 9.17) is 14.2 Å². The SMILES string of the molecule is C=CCOC(=O)O[C@H](C)[C@H]1C(=O)N2C(C(=O)OCC=C)=C(c3ccc4c(CO)cccc4c3)C[C@H]12. The predicted molar refractivity (Wildman–Crippen MR) is 129 cm³/mol. The van der Waals surface area contributed by atoms with Gasteiger partial charge in [-0.05, 0) is 46.9 Å². The number of esters is 1. The molecule has 0 unspecified atom stereocenters. The monoisotopic (exact) mass is 477 g/mol. The summed E-state index contributed by atoms with van der Waals surface area (Å²) in [5.41, 5.74) is 2.45. The summed E-state index contributed by atoms with van der Waals surface area (Å²) in [4.78, 5) is 39.4. The molecule has 0 spiro atoms. The van der Waals surface area contributed by atoms with E-state index in [-0.39, 0.29) is 37.5 Å². The zero-order chi connectivity index (χ0) is 25.1. The lowest BCUT2D eigenvalue weighted by Crippen LogP contribution is -2.62. The summed E-state index contributed by atoms with van der Waals surface area (Å²) >= 11 is 0. The molecule has 35 heavy (non-hydrogen) atoms. The van der Waals surface area contributed by atoms with Crippen LogP contribution in [0.5, 0.6) is 0 Å². The summed E-state index contributed by atoms with van der Waals surface area (Å²) in [7, 11) is 0. The quantitative estimate of drug-likeness (QED) is 0.334. The second kappa shape index (κ2) is 10.1. The van der Waals surface area contributed by atoms with E-state index in [2.05, 4.69) is 13.2 Å². The molecule has 0 aliphatic carbocycles. The van der Waals surface area contributed by atoms with Crippen molar-refractivity contribution in [3.05, 3.63) is 78.5 Å². The Bertz CT molecular complexity index is 1230. The number of ether oxygens (including phenoxy) is 3. The number of hydrogen-bond donors (Lipinski definition) is 1. The lowest BCUT2D eigenvalue weighted by Gasteiger charge is -2.45. The first-order chi connectivity index (χ1) is 16.9. The van der Waals surface area contributed by atoms with Gasteiger partial charge in [0, 0.05) is 0 Å². The minimum Gasteiger partial charge on any atom is -0.457 e. The Morgan fingerprint density at radius 2 is 1.91 bits per heavy atom. The number of carbonyl (C=O) groups is 3. The smallest absolute Gasteiger partial charge is 0.457 e. The molecule has 2 aliphatic rings. The molecule has 1 fully saturated rings. The first-order valence-electron chi connectivity index (χ1n) is 11.3. The predicted octanol–water partition coefficient (Wildman–Crippen LogP) is 3.73. The first-order valence-corrected chi connectivity index (χ1v) is 11.3. The van der Waals surface area contributed by atoms with Gasteiger partial charge in [0.25, 0.3) is 0 Å². The molecule has 1 amide bonds. The summed E-state index contributed by atoms with van der Waals surface area (Å²) in [6.45, 7) is 8.62. The highest BCUT2D eigenvalue weighted by Crippen LogP contribution is 2.48. The number of aliphatic hydroxyl groups is 1. The van der Waals surface area contributed by atoms with Crippen molar-refractivity contribution < 1.29 is 33.7 Å². The van der Waals surface area contributed by atoms with Crippen molar-refractivity contribution in [2.24, 2.45) is 5.92 Å². The first kappa shape index (κ1) is 24.2. The van der Waals surface area contributed by atoms with E-state index < -0.39 is 24.1 Å². The molecule has 0 saturated carbocycles. The van der Waals surface area contributed by atoms with E-state index in [9.17, 15) is 19.5 Å². The van der Waals surface area contributed by atoms with E-state index in [1.807, 2.05) is 36.4 Å². The lowest BCUT2D eigenvalue weighted by molar-refractivity contribution is -0.162. The van der Waals surface area contributed by atoms with Crippen molar-refractivity contribution in [1.82, 2.24) is 4.90 Å². The van der Waals surface area contributed by atoms with Crippen molar-refractivity contribution in [2.45, 2.75) is 32.1 Å². The van der Waals surface area contributed by atoms with Gasteiger partial charge >= 0.3 is 12.1 Å². The van der Waals surface area contributed by atoms with Crippen molar-refractivity contribution in [1.29, 1.82) is 0 Å². The summed E-state index contributed by atoms with van der Waals surface area (Å²) < 4.78 is 15.5. The zero-order valence-electron chi connectivity index (χ0n) is 19.4. The summed E-state index contributed by atoms with van der Waals surface area (Å²) in [6.07, 6.45) is 1.66. The normalized spacial score (nSPS) is 19.6. The zero-order valence-corrected chi connectivity index (χ0v) is 19.4. The van der Waals surface area contributed by atoms with Crippen molar-refractivity contribution in [2.75, 3.05) is 13.2 Å². The summed E-state index contributed by atoms with van der Waals surface area (Å²) in [6, 6.07) is 11.0. The van der Waals surface area contributed by atoms with Crippen LogP contribution in [0.4, 0.5) is 4.79 Å². The highest BCUT2D eigenvalue weighted by atomic mass is 16.7. The number of nitrogens with zero attached hydrogens (tertiary/aromatic N) is 1. The van der Waals surface area contributed by atoms with Crippen molar-refractivity contribution in [3.8, 4) is 0 Å². The molecule has 2 heterocycles. The van der Waals surface area contributed by atoms with Crippen LogP contribution >= 0.6 is 0 Å². The minimum atomic E-state index is -0.880. The average Bonchev–Trinajstić information content (AvgIpc) is 3.20. The second-order valence-corrected chi connectivity index (χ2v) is 8.40. The molecular weight excluding hydrogens is 450 g/mol. The maximum absolute atomic E-state index is 13.1. The third kappa shape index (κ3) is 4.44. The molecule has 0 aromatic heterocycles. The highest BCUT2D eigenvalue weighted by Gasteiger charge is 2.58. The molecule has 4 rings (SSSR count). The van der Waals surface area contributed by atoms with Gasteiger partial charge < -0.3 is 24.2 Å². The number of rotatable bonds is 9. The number of fused-ring (bicyclic) bond motifs is 2. The Morgan fingerprint density at radius 3 is 2.63 bits per heavy atom. The molecule has 8 nitrogen and oxygen atoms in total. The maximum Gasteiger partial charge on any atom is 0.508 e. The third-order valence-electron chi connectivity index (χ3n) is 6.33. The molecule has 0 radical (unpaired) electrons. The van der Waals surface area contributed by atoms with Crippen LogP contribution in [0.15, 0.2) is 67.4 Å². The van der Waals surface area contributed by atoms with Crippen LogP contribution in [0.1, 0.15) is 24.5 Å². The van der Waals surface area contributed by atoms with Gasteiger partial charge in [-0.3, -0.25) is 4.79 Å². The fourth-order valence-corrected chi connectivity index (χ4v) is 4.77. The Labute approximate surface area is 203 Å². The molecule has 0 bridgehead atoms. The molecule has 182 valence electrons. The number of aliphatic hydroxyl groups excluding tert-OH is 1. The summed E-state index contributed by atoms with van der Waals surface area (Å²) in [5.74, 6) is -1.55. The van der Waals surface area contributed by atoms with Crippen LogP contribution in [0.2, 0.25) is 0 Å². The van der Waals surface area contributed by atoms with Gasteiger partial charge in [0.05, 0.1) is 18.6 Å². The molecular formula is C27H27NO7. The van der Waals surface area contributed by atoms with E-state index in [1.54, 1.807) is 6.92 Å². The van der Waals surface area contributed by atoms with Crippen LogP contribution in [-0.2, 0) is 30.4 Å². The Morgan fingerprint density at radius 1 is 1.17 bits per heavy atom. The van der Waals surface area contributed by atoms with Crippen molar-refractivity contribution >= 4 is 34.4 Å². The van der Waals surface area contributed by atoms with Crippen LogP contribution in [0, 0.1) is 5.92 Å². The van der Waals surface area contributed by atoms with Crippen LogP contribution in [-0.4, -0.2) is 53.4 Å². The molecule has 3 atom stereocenters. The van der Waals surface area contributed by atoms with Gasteiger partial charge in [-0.25, -0.2) is 9.59 Å². The number of β-lactam (4-membered cyclic amide) rings is 1. The van der Waals surface area contributed by atoms with E-state index in [1.165, 1.54) is 17.1 Å². The van der Waals surface area contributed by atoms with Crippen LogP contribution in [0.25, 0.3) is 16.3 Å². The number of carbonyl (C=O) groups excluding carboxylic acids is 3. The Hall–Kier alpha value is -3.91. The van der Waals surface area contributed by atoms with Crippen LogP contribution in [0.3, 0.4) is 0 Å². The van der Waals surface area contributed by atoms with E-state index >= 15 is 0 Å². The largest absolute Gasteiger partial charge is 0.508 e. The second-order valence-electron chi connectivity index (χ2n) is 8.40. The molecule has 1 N–H and O–H groups in total.